The molecule has 19 heavy (non-hydrogen) atoms. The van der Waals surface area contributed by atoms with Crippen molar-refractivity contribution in [2.45, 2.75) is 6.04 Å². The molecule has 1 aromatic heterocycles. The fourth-order valence-corrected chi connectivity index (χ4v) is 1.97. The highest BCUT2D eigenvalue weighted by Crippen LogP contribution is 2.18. The smallest absolute Gasteiger partial charge is 0.331 e. The summed E-state index contributed by atoms with van der Waals surface area (Å²) in [6.45, 7) is -0.185. The van der Waals surface area contributed by atoms with Crippen LogP contribution in [0.25, 0.3) is 0 Å². The molecule has 104 valence electrons. The molecule has 0 radical (unpaired) electrons. The largest absolute Gasteiger partial charge is 0.479 e. The van der Waals surface area contributed by atoms with Gasteiger partial charge in [0.05, 0.1) is 6.54 Å². The zero-order chi connectivity index (χ0) is 14.4. The second kappa shape index (κ2) is 6.74. The number of urea groups is 1. The molecule has 1 unspecified atom stereocenters. The van der Waals surface area contributed by atoms with E-state index in [2.05, 4.69) is 10.6 Å². The Kier molecular flexibility index (Phi) is 5.31. The average Bonchev–Trinajstić information content (AvgIpc) is 2.85. The minimum Gasteiger partial charge on any atom is -0.479 e. The van der Waals surface area contributed by atoms with Gasteiger partial charge in [-0.05, 0) is 11.4 Å². The van der Waals surface area contributed by atoms with Gasteiger partial charge in [-0.25, -0.2) is 9.59 Å². The first-order chi connectivity index (χ1) is 8.91. The van der Waals surface area contributed by atoms with E-state index in [0.29, 0.717) is 4.88 Å². The number of nitrogens with zero attached hydrogens (tertiary/aromatic N) is 1. The lowest BCUT2D eigenvalue weighted by Crippen LogP contribution is -2.44. The molecule has 3 N–H and O–H groups in total. The Morgan fingerprint density at radius 3 is 2.58 bits per heavy atom. The Bertz CT molecular complexity index is 459. The third-order valence-corrected chi connectivity index (χ3v) is 3.19. The second-order valence-corrected chi connectivity index (χ2v) is 4.88. The summed E-state index contributed by atoms with van der Waals surface area (Å²) in [5, 5.41) is 15.4. The van der Waals surface area contributed by atoms with Gasteiger partial charge in [-0.1, -0.05) is 6.07 Å². The van der Waals surface area contributed by atoms with Gasteiger partial charge in [-0.15, -0.1) is 11.3 Å². The molecule has 0 fully saturated rings. The molecule has 8 heteroatoms. The van der Waals surface area contributed by atoms with Crippen LogP contribution >= 0.6 is 11.3 Å². The molecule has 0 spiro atoms. The van der Waals surface area contributed by atoms with Crippen molar-refractivity contribution in [2.24, 2.45) is 0 Å². The molecular weight excluding hydrogens is 270 g/mol. The lowest BCUT2D eigenvalue weighted by atomic mass is 10.2. The van der Waals surface area contributed by atoms with Crippen LogP contribution < -0.4 is 10.6 Å². The zero-order valence-electron chi connectivity index (χ0n) is 10.5. The van der Waals surface area contributed by atoms with E-state index >= 15 is 0 Å². The van der Waals surface area contributed by atoms with Gasteiger partial charge in [0.15, 0.2) is 6.04 Å². The Hall–Kier alpha value is -2.09. The highest BCUT2D eigenvalue weighted by atomic mass is 32.1. The van der Waals surface area contributed by atoms with Crippen molar-refractivity contribution in [3.8, 4) is 0 Å². The summed E-state index contributed by atoms with van der Waals surface area (Å²) in [4.78, 5) is 35.7. The van der Waals surface area contributed by atoms with Crippen LogP contribution in [0.4, 0.5) is 4.79 Å². The molecule has 0 aliphatic rings. The number of carbonyl (C=O) groups excluding carboxylic acids is 2. The van der Waals surface area contributed by atoms with E-state index in [4.69, 9.17) is 5.11 Å². The Balaban J connectivity index is 2.54. The number of amides is 3. The molecule has 1 heterocycles. The topological polar surface area (TPSA) is 98.7 Å². The number of carbonyl (C=O) groups is 3. The molecule has 0 saturated carbocycles. The van der Waals surface area contributed by atoms with Gasteiger partial charge in [0.25, 0.3) is 0 Å². The van der Waals surface area contributed by atoms with Gasteiger partial charge in [-0.3, -0.25) is 4.79 Å². The lowest BCUT2D eigenvalue weighted by molar-refractivity contribution is -0.139. The fourth-order valence-electron chi connectivity index (χ4n) is 1.21. The van der Waals surface area contributed by atoms with Crippen molar-refractivity contribution >= 4 is 29.2 Å². The van der Waals surface area contributed by atoms with E-state index in [1.807, 2.05) is 0 Å². The average molecular weight is 285 g/mol. The van der Waals surface area contributed by atoms with Crippen molar-refractivity contribution in [1.82, 2.24) is 15.5 Å². The summed E-state index contributed by atoms with van der Waals surface area (Å²) in [6, 6.07) is 1.50. The first kappa shape index (κ1) is 15.0. The minimum atomic E-state index is -1.16. The second-order valence-electron chi connectivity index (χ2n) is 3.90. The predicted octanol–water partition coefficient (Wildman–Crippen LogP) is 0.261. The van der Waals surface area contributed by atoms with Crippen LogP contribution in [-0.4, -0.2) is 48.6 Å². The molecule has 0 bridgehead atoms. The first-order valence-electron chi connectivity index (χ1n) is 5.42. The summed E-state index contributed by atoms with van der Waals surface area (Å²) in [6.07, 6.45) is 0. The van der Waals surface area contributed by atoms with E-state index in [9.17, 15) is 14.4 Å². The number of hydrogen-bond donors (Lipinski definition) is 3. The van der Waals surface area contributed by atoms with Crippen molar-refractivity contribution in [3.63, 3.8) is 0 Å². The zero-order valence-corrected chi connectivity index (χ0v) is 11.4. The number of carboxylic acid groups (broad SMARTS) is 1. The van der Waals surface area contributed by atoms with Crippen LogP contribution in [0.2, 0.25) is 0 Å². The predicted molar refractivity (Wildman–Crippen MR) is 69.9 cm³/mol. The van der Waals surface area contributed by atoms with Crippen LogP contribution in [0, 0.1) is 0 Å². The maximum atomic E-state index is 11.5. The maximum absolute atomic E-state index is 11.5. The fraction of sp³-hybridized carbons (Fsp3) is 0.364. The summed E-state index contributed by atoms with van der Waals surface area (Å²) in [5.41, 5.74) is 0. The Morgan fingerprint density at radius 1 is 1.42 bits per heavy atom. The van der Waals surface area contributed by atoms with Gasteiger partial charge in [-0.2, -0.15) is 0 Å². The molecule has 3 amide bonds. The van der Waals surface area contributed by atoms with Crippen LogP contribution in [0.15, 0.2) is 17.5 Å². The number of aliphatic carboxylic acids is 1. The molecule has 1 atom stereocenters. The summed E-state index contributed by atoms with van der Waals surface area (Å²) < 4.78 is 0. The number of hydrogen-bond acceptors (Lipinski definition) is 4. The molecule has 0 aromatic carbocycles. The highest BCUT2D eigenvalue weighted by molar-refractivity contribution is 7.10. The van der Waals surface area contributed by atoms with Crippen molar-refractivity contribution in [2.75, 3.05) is 20.6 Å². The third-order valence-electron chi connectivity index (χ3n) is 2.25. The third kappa shape index (κ3) is 4.59. The molecule has 0 saturated heterocycles. The quantitative estimate of drug-likeness (QED) is 0.722. The molecule has 0 aliphatic carbocycles. The summed E-state index contributed by atoms with van der Waals surface area (Å²) in [5.74, 6) is -1.44. The number of thiophene rings is 1. The monoisotopic (exact) mass is 285 g/mol. The normalized spacial score (nSPS) is 11.5. The lowest BCUT2D eigenvalue weighted by Gasteiger charge is -2.15. The van der Waals surface area contributed by atoms with Crippen LogP contribution in [0.3, 0.4) is 0 Å². The first-order valence-corrected chi connectivity index (χ1v) is 6.30. The molecule has 0 aliphatic heterocycles. The minimum absolute atomic E-state index is 0.185. The Labute approximate surface area is 114 Å². The van der Waals surface area contributed by atoms with Crippen molar-refractivity contribution in [1.29, 1.82) is 0 Å². The van der Waals surface area contributed by atoms with Gasteiger partial charge < -0.3 is 20.6 Å². The van der Waals surface area contributed by atoms with Gasteiger partial charge in [0, 0.05) is 19.0 Å². The van der Waals surface area contributed by atoms with E-state index in [1.54, 1.807) is 31.6 Å². The van der Waals surface area contributed by atoms with Crippen LogP contribution in [0.5, 0.6) is 0 Å². The molecule has 1 rings (SSSR count). The SMILES string of the molecule is CN(C)C(=O)CNC(=O)NC(C(=O)O)c1cccs1. The standard InChI is InChI=1S/C11H15N3O4S/c1-14(2)8(15)6-12-11(18)13-9(10(16)17)7-4-3-5-19-7/h3-5,9H,6H2,1-2H3,(H,16,17)(H2,12,13,18). The van der Waals surface area contributed by atoms with Crippen LogP contribution in [0.1, 0.15) is 10.9 Å². The van der Waals surface area contributed by atoms with Crippen molar-refractivity contribution < 1.29 is 19.5 Å². The van der Waals surface area contributed by atoms with Gasteiger partial charge >= 0.3 is 12.0 Å². The maximum Gasteiger partial charge on any atom is 0.331 e. The van der Waals surface area contributed by atoms with E-state index in [0.717, 1.165) is 0 Å². The van der Waals surface area contributed by atoms with Gasteiger partial charge in [0.2, 0.25) is 5.91 Å². The Morgan fingerprint density at radius 2 is 2.11 bits per heavy atom. The summed E-state index contributed by atoms with van der Waals surface area (Å²) >= 11 is 1.23. The number of nitrogens with one attached hydrogen (secondary N) is 2. The van der Waals surface area contributed by atoms with E-state index < -0.39 is 18.0 Å². The van der Waals surface area contributed by atoms with Gasteiger partial charge in [0.1, 0.15) is 0 Å². The molecule has 1 aromatic rings. The number of rotatable bonds is 5. The highest BCUT2D eigenvalue weighted by Gasteiger charge is 2.23. The molecular formula is C11H15N3O4S. The number of likely N-dealkylation sites (N-methyl/N-ethyl adjacent to an activating group) is 1. The van der Waals surface area contributed by atoms with Crippen molar-refractivity contribution in [3.05, 3.63) is 22.4 Å². The summed E-state index contributed by atoms with van der Waals surface area (Å²) in [7, 11) is 3.13. The van der Waals surface area contributed by atoms with E-state index in [1.165, 1.54) is 16.2 Å². The van der Waals surface area contributed by atoms with E-state index in [-0.39, 0.29) is 12.5 Å². The van der Waals surface area contributed by atoms with Crippen LogP contribution in [-0.2, 0) is 9.59 Å². The molecule has 7 nitrogen and oxygen atoms in total. The number of carboxylic acids is 1.